The van der Waals surface area contributed by atoms with Crippen LogP contribution in [0.1, 0.15) is 36.0 Å². The van der Waals surface area contributed by atoms with Crippen LogP contribution in [0.3, 0.4) is 0 Å². The van der Waals surface area contributed by atoms with Crippen LogP contribution in [0.25, 0.3) is 0 Å². The monoisotopic (exact) mass is 521 g/mol. The Bertz CT molecular complexity index is 632. The van der Waals surface area contributed by atoms with Crippen molar-refractivity contribution >= 4 is 5.78 Å². The van der Waals surface area contributed by atoms with E-state index in [1.54, 1.807) is 0 Å². The van der Waals surface area contributed by atoms with Crippen LogP contribution in [-0.4, -0.2) is 41.0 Å². The van der Waals surface area contributed by atoms with E-state index in [-0.39, 0.29) is 42.9 Å². The molecule has 0 aromatic heterocycles. The fourth-order valence-corrected chi connectivity index (χ4v) is 4.78. The first-order valence-electron chi connectivity index (χ1n) is 7.80. The van der Waals surface area contributed by atoms with Crippen LogP contribution in [0, 0.1) is 50.5 Å². The Kier molecular flexibility index (Phi) is 4.06. The fourth-order valence-electron chi connectivity index (χ4n) is 4.78. The molecule has 114 valence electrons. The summed E-state index contributed by atoms with van der Waals surface area (Å²) < 4.78 is 0. The van der Waals surface area contributed by atoms with Gasteiger partial charge in [0, 0.05) is 6.04 Å². The van der Waals surface area contributed by atoms with Crippen molar-refractivity contribution in [3.8, 4) is 0 Å². The number of Topliss-reactive ketones (excluding diaryl/α,β-unsaturated/α-hetero) is 1. The Hall–Kier alpha value is -0.268. The zero-order chi connectivity index (χ0) is 14.8. The molecular weight excluding hydrogens is 500 g/mol. The quantitative estimate of drug-likeness (QED) is 0.528. The molecule has 1 aromatic rings. The van der Waals surface area contributed by atoms with E-state index in [1.165, 1.54) is 5.56 Å². The minimum atomic E-state index is -0.828. The second kappa shape index (κ2) is 5.38. The summed E-state index contributed by atoms with van der Waals surface area (Å²) in [5.41, 5.74) is 2.04. The topological polar surface area (TPSA) is 40.5 Å². The van der Waals surface area contributed by atoms with E-state index in [0.717, 1.165) is 30.5 Å². The molecule has 0 spiro atoms. The molecule has 2 bridgehead atoms. The number of hydrogen-bond acceptors (Lipinski definition) is 3. The number of fused-ring (bicyclic) bond motifs is 1. The van der Waals surface area contributed by atoms with Gasteiger partial charge in [-0.1, -0.05) is 19.8 Å². The van der Waals surface area contributed by atoms with Gasteiger partial charge in [-0.15, -0.1) is 5.41 Å². The maximum Gasteiger partial charge on any atom is 2.00 e. The number of aryl methyl sites for hydroxylation is 1. The summed E-state index contributed by atoms with van der Waals surface area (Å²) in [6, 6.07) is 7.81. The number of piperidine rings is 1. The molecule has 3 aliphatic rings. The van der Waals surface area contributed by atoms with Crippen molar-refractivity contribution in [2.75, 3.05) is 13.6 Å². The summed E-state index contributed by atoms with van der Waals surface area (Å²) in [6.07, 6.45) is 4.50. The summed E-state index contributed by atoms with van der Waals surface area (Å²) in [6.45, 7) is 2.94. The Morgan fingerprint density at radius 1 is 1.41 bits per heavy atom. The first-order chi connectivity index (χ1) is 9.96. The summed E-state index contributed by atoms with van der Waals surface area (Å²) in [5, 5.41) is 11.5. The van der Waals surface area contributed by atoms with Crippen molar-refractivity contribution in [2.24, 2.45) is 0 Å². The molecule has 0 radical (unpaired) electrons. The Morgan fingerprint density at radius 3 is 2.95 bits per heavy atom. The van der Waals surface area contributed by atoms with Crippen LogP contribution >= 0.6 is 0 Å². The van der Waals surface area contributed by atoms with Gasteiger partial charge in [-0.05, 0) is 32.2 Å². The fraction of sp³-hybridized carbons (Fsp3) is 0.556. The molecule has 1 saturated carbocycles. The molecule has 2 aliphatic carbocycles. The summed E-state index contributed by atoms with van der Waals surface area (Å²) in [5.74, 6) is 0.172. The van der Waals surface area contributed by atoms with Crippen molar-refractivity contribution in [3.05, 3.63) is 41.3 Å². The van der Waals surface area contributed by atoms with Crippen molar-refractivity contribution in [1.82, 2.24) is 4.90 Å². The van der Waals surface area contributed by atoms with Crippen molar-refractivity contribution in [1.29, 1.82) is 0 Å². The van der Waals surface area contributed by atoms with Crippen LogP contribution in [-0.2, 0) is 16.6 Å². The van der Waals surface area contributed by atoms with E-state index in [0.29, 0.717) is 12.8 Å². The van der Waals surface area contributed by atoms with Gasteiger partial charge in [-0.3, -0.25) is 0 Å². The van der Waals surface area contributed by atoms with E-state index in [4.69, 9.17) is 0 Å². The third-order valence-electron chi connectivity index (χ3n) is 5.91. The van der Waals surface area contributed by atoms with Gasteiger partial charge in [-0.2, -0.15) is 34.9 Å². The average Bonchev–Trinajstić information content (AvgIpc) is 2.45. The van der Waals surface area contributed by atoms with Gasteiger partial charge in [0.25, 0.3) is 0 Å². The Labute approximate surface area is 155 Å². The van der Waals surface area contributed by atoms with Gasteiger partial charge >= 0.3 is 31.1 Å². The largest absolute Gasteiger partial charge is 2.00 e. The van der Waals surface area contributed by atoms with Crippen molar-refractivity contribution in [2.45, 2.75) is 49.7 Å². The van der Waals surface area contributed by atoms with E-state index >= 15 is 0 Å². The van der Waals surface area contributed by atoms with Gasteiger partial charge in [0.2, 0.25) is 0 Å². The molecular formula is C18H21NO2U. The van der Waals surface area contributed by atoms with Gasteiger partial charge in [0.15, 0.2) is 0 Å². The molecule has 1 aromatic carbocycles. The van der Waals surface area contributed by atoms with E-state index in [1.807, 2.05) is 13.3 Å². The van der Waals surface area contributed by atoms with Crippen LogP contribution < -0.4 is 0 Å². The van der Waals surface area contributed by atoms with Crippen LogP contribution in [0.15, 0.2) is 12.1 Å². The number of ketones is 1. The standard InChI is InChI=1S/C18H21NO2.U/c1-12-3-4-13-10-16-18(21)6-5-14(20)11-17(18,15(13)9-12)7-8-19(16)2;/h3-4,11,16,21H,5-8,10H2,1-2H3;/q-2;+2/t16?,17?,18-;/m1./s1. The third-order valence-corrected chi connectivity index (χ3v) is 5.91. The maximum absolute atomic E-state index is 12.1. The summed E-state index contributed by atoms with van der Waals surface area (Å²) in [7, 11) is 2.09. The number of benzene rings is 1. The van der Waals surface area contributed by atoms with Gasteiger partial charge in [0.05, 0.1) is 5.60 Å². The zero-order valence-electron chi connectivity index (χ0n) is 13.1. The van der Waals surface area contributed by atoms with Gasteiger partial charge in [-0.25, -0.2) is 0 Å². The molecule has 3 nitrogen and oxygen atoms in total. The predicted octanol–water partition coefficient (Wildman–Crippen LogP) is 1.59. The number of likely N-dealkylation sites (tertiary alicyclic amines) is 1. The summed E-state index contributed by atoms with van der Waals surface area (Å²) in [4.78, 5) is 14.4. The molecule has 22 heavy (non-hydrogen) atoms. The first-order valence-corrected chi connectivity index (χ1v) is 7.80. The number of hydrogen-bond donors (Lipinski definition) is 1. The molecule has 1 heterocycles. The number of carbonyl (C=O) groups excluding carboxylic acids is 1. The zero-order valence-corrected chi connectivity index (χ0v) is 17.3. The second-order valence-corrected chi connectivity index (χ2v) is 7.00. The first kappa shape index (κ1) is 16.6. The van der Waals surface area contributed by atoms with Crippen molar-refractivity contribution < 1.29 is 41.0 Å². The number of carbonyl (C=O) groups is 1. The molecule has 1 saturated heterocycles. The predicted molar refractivity (Wildman–Crippen MR) is 79.9 cm³/mol. The normalized spacial score (nSPS) is 36.7. The number of likely N-dealkylation sites (N-methyl/N-ethyl adjacent to an activating group) is 1. The molecule has 2 fully saturated rings. The summed E-state index contributed by atoms with van der Waals surface area (Å²) >= 11 is 0. The minimum Gasteiger partial charge on any atom is -0.390 e. The van der Waals surface area contributed by atoms with Crippen LogP contribution in [0.4, 0.5) is 0 Å². The smallest absolute Gasteiger partial charge is 0.390 e. The van der Waals surface area contributed by atoms with Gasteiger partial charge < -0.3 is 21.2 Å². The third kappa shape index (κ3) is 2.01. The maximum atomic E-state index is 12.1. The number of aliphatic hydroxyl groups is 1. The van der Waals surface area contributed by atoms with Crippen LogP contribution in [0.5, 0.6) is 0 Å². The van der Waals surface area contributed by atoms with Crippen molar-refractivity contribution in [3.63, 3.8) is 0 Å². The molecule has 1 aliphatic heterocycles. The van der Waals surface area contributed by atoms with Crippen LogP contribution in [0.2, 0.25) is 0 Å². The molecule has 4 heteroatoms. The SMILES string of the molecule is Cc1[c-]c2c(cc1)CC1N(C)CCC23[CH-]C(=O)CC[C@@]13O.[U+2]. The van der Waals surface area contributed by atoms with E-state index in [9.17, 15) is 9.90 Å². The molecule has 1 N–H and O–H groups in total. The average molecular weight is 521 g/mol. The second-order valence-electron chi connectivity index (χ2n) is 7.00. The molecule has 4 rings (SSSR count). The van der Waals surface area contributed by atoms with E-state index < -0.39 is 11.0 Å². The Morgan fingerprint density at radius 2 is 2.18 bits per heavy atom. The van der Waals surface area contributed by atoms with Gasteiger partial charge in [0.1, 0.15) is 0 Å². The molecule has 2 unspecified atom stereocenters. The molecule has 3 atom stereocenters. The number of nitrogens with zero attached hydrogens (tertiary/aromatic N) is 1. The van der Waals surface area contributed by atoms with E-state index in [2.05, 4.69) is 30.1 Å². The number of rotatable bonds is 0. The molecule has 0 amide bonds. The minimum absolute atomic E-state index is 0. The Balaban J connectivity index is 0.00000144.